The van der Waals surface area contributed by atoms with Gasteiger partial charge in [0.2, 0.25) is 11.8 Å². The molecule has 2 aliphatic rings. The Bertz CT molecular complexity index is 855. The molecule has 7 nitrogen and oxygen atoms in total. The largest absolute Gasteiger partial charge is 0.472 e. The smallest absolute Gasteiger partial charge is 0.232 e. The summed E-state index contributed by atoms with van der Waals surface area (Å²) in [5.41, 5.74) is 2.00. The van der Waals surface area contributed by atoms with Crippen molar-refractivity contribution in [3.05, 3.63) is 54.2 Å². The number of para-hydroxylation sites is 1. The summed E-state index contributed by atoms with van der Waals surface area (Å²) in [6, 6.07) is 13.6. The Kier molecular flexibility index (Phi) is 5.41. The van der Waals surface area contributed by atoms with Crippen LogP contribution >= 0.6 is 0 Å². The molecule has 2 N–H and O–H groups in total. The van der Waals surface area contributed by atoms with Crippen molar-refractivity contribution in [1.29, 1.82) is 0 Å². The molecule has 0 spiro atoms. The molecule has 0 saturated carbocycles. The molecule has 7 heteroatoms. The highest BCUT2D eigenvalue weighted by Gasteiger charge is 2.30. The maximum absolute atomic E-state index is 12.2. The number of likely N-dealkylation sites (tertiary alicyclic amines) is 1. The number of fused-ring (bicyclic) bond motifs is 1. The number of guanidine groups is 1. The van der Waals surface area contributed by atoms with E-state index in [9.17, 15) is 4.79 Å². The molecule has 2 aromatic rings. The number of nitrogens with one attached hydrogen (secondary N) is 2. The molecule has 1 aromatic heterocycles. The van der Waals surface area contributed by atoms with Crippen LogP contribution in [-0.4, -0.2) is 54.5 Å². The Hall–Kier alpha value is -3.09. The van der Waals surface area contributed by atoms with Gasteiger partial charge in [-0.05, 0) is 24.1 Å². The van der Waals surface area contributed by atoms with Crippen molar-refractivity contribution in [2.75, 3.05) is 32.0 Å². The van der Waals surface area contributed by atoms with Crippen LogP contribution in [0.5, 0.6) is 5.88 Å². The summed E-state index contributed by atoms with van der Waals surface area (Å²) in [4.78, 5) is 23.1. The molecule has 3 heterocycles. The number of carbonyl (C=O) groups is 1. The number of hydrogen-bond donors (Lipinski definition) is 2. The Balaban J connectivity index is 1.28. The first-order valence-corrected chi connectivity index (χ1v) is 9.67. The highest BCUT2D eigenvalue weighted by atomic mass is 16.5. The molecule has 2 atom stereocenters. The second kappa shape index (κ2) is 8.29. The normalized spacial score (nSPS) is 21.4. The molecule has 0 aliphatic carbocycles. The van der Waals surface area contributed by atoms with E-state index in [2.05, 4.69) is 25.5 Å². The maximum Gasteiger partial charge on any atom is 0.232 e. The van der Waals surface area contributed by atoms with Gasteiger partial charge in [-0.1, -0.05) is 24.3 Å². The Labute approximate surface area is 164 Å². The molecule has 0 radical (unpaired) electrons. The lowest BCUT2D eigenvalue weighted by Crippen LogP contribution is -2.41. The van der Waals surface area contributed by atoms with Crippen LogP contribution in [-0.2, 0) is 4.79 Å². The fourth-order valence-corrected chi connectivity index (χ4v) is 3.83. The number of ether oxygens (including phenoxy) is 1. The summed E-state index contributed by atoms with van der Waals surface area (Å²) >= 11 is 0. The Morgan fingerprint density at radius 2 is 2.18 bits per heavy atom. The van der Waals surface area contributed by atoms with Crippen molar-refractivity contribution >= 4 is 17.6 Å². The van der Waals surface area contributed by atoms with E-state index < -0.39 is 0 Å². The minimum absolute atomic E-state index is 0.0722. The summed E-state index contributed by atoms with van der Waals surface area (Å²) in [7, 11) is 1.78. The standard InChI is InChI=1S/C21H25N5O2/c1-22-21(26-13-10-15(14-26)28-19-8-4-5-11-23-19)24-12-9-17-16-6-2-3-7-18(16)25-20(17)27/h2-8,11,15,17H,9-10,12-14H2,1H3,(H,22,24)(H,25,27). The third-order valence-corrected chi connectivity index (χ3v) is 5.21. The van der Waals surface area contributed by atoms with Crippen LogP contribution in [0.1, 0.15) is 24.3 Å². The van der Waals surface area contributed by atoms with Gasteiger partial charge < -0.3 is 20.3 Å². The van der Waals surface area contributed by atoms with E-state index in [-0.39, 0.29) is 17.9 Å². The third-order valence-electron chi connectivity index (χ3n) is 5.21. The van der Waals surface area contributed by atoms with E-state index >= 15 is 0 Å². The zero-order valence-electron chi connectivity index (χ0n) is 16.0. The molecule has 4 rings (SSSR count). The van der Waals surface area contributed by atoms with Gasteiger partial charge in [0.1, 0.15) is 6.10 Å². The highest BCUT2D eigenvalue weighted by Crippen LogP contribution is 2.33. The van der Waals surface area contributed by atoms with E-state index in [1.807, 2.05) is 42.5 Å². The van der Waals surface area contributed by atoms with Crippen molar-refractivity contribution in [2.45, 2.75) is 24.9 Å². The molecule has 146 valence electrons. The van der Waals surface area contributed by atoms with Gasteiger partial charge in [-0.3, -0.25) is 9.79 Å². The molecular formula is C21H25N5O2. The van der Waals surface area contributed by atoms with Gasteiger partial charge in [-0.25, -0.2) is 4.98 Å². The van der Waals surface area contributed by atoms with Crippen LogP contribution in [0.4, 0.5) is 5.69 Å². The zero-order chi connectivity index (χ0) is 19.3. The van der Waals surface area contributed by atoms with Crippen LogP contribution in [0.3, 0.4) is 0 Å². The number of hydrogen-bond acceptors (Lipinski definition) is 4. The average Bonchev–Trinajstić information content (AvgIpc) is 3.30. The third kappa shape index (κ3) is 3.93. The van der Waals surface area contributed by atoms with E-state index in [1.54, 1.807) is 13.2 Å². The zero-order valence-corrected chi connectivity index (χ0v) is 16.0. The number of benzene rings is 1. The fraction of sp³-hybridized carbons (Fsp3) is 0.381. The number of aromatic nitrogens is 1. The number of aliphatic imine (C=N–C) groups is 1. The summed E-state index contributed by atoms with van der Waals surface area (Å²) in [5, 5.41) is 6.35. The topological polar surface area (TPSA) is 78.9 Å². The van der Waals surface area contributed by atoms with E-state index in [0.717, 1.165) is 43.1 Å². The van der Waals surface area contributed by atoms with Crippen molar-refractivity contribution in [3.8, 4) is 5.88 Å². The molecule has 2 aliphatic heterocycles. The first-order valence-electron chi connectivity index (χ1n) is 9.67. The van der Waals surface area contributed by atoms with E-state index in [0.29, 0.717) is 12.4 Å². The van der Waals surface area contributed by atoms with Crippen molar-refractivity contribution in [3.63, 3.8) is 0 Å². The van der Waals surface area contributed by atoms with Crippen LogP contribution in [0.15, 0.2) is 53.7 Å². The summed E-state index contributed by atoms with van der Waals surface area (Å²) in [5.74, 6) is 1.46. The molecular weight excluding hydrogens is 354 g/mol. The predicted octanol–water partition coefficient (Wildman–Crippen LogP) is 2.24. The SMILES string of the molecule is CN=C(NCCC1C(=O)Nc2ccccc21)N1CCC(Oc2ccccn2)C1. The van der Waals surface area contributed by atoms with Crippen molar-refractivity contribution < 1.29 is 9.53 Å². The molecule has 1 amide bonds. The summed E-state index contributed by atoms with van der Waals surface area (Å²) in [6.07, 6.45) is 3.49. The van der Waals surface area contributed by atoms with Crippen LogP contribution in [0.2, 0.25) is 0 Å². The second-order valence-corrected chi connectivity index (χ2v) is 7.03. The first kappa shape index (κ1) is 18.3. The van der Waals surface area contributed by atoms with Crippen LogP contribution < -0.4 is 15.4 Å². The molecule has 2 unspecified atom stereocenters. The lowest BCUT2D eigenvalue weighted by molar-refractivity contribution is -0.117. The van der Waals surface area contributed by atoms with Crippen molar-refractivity contribution in [2.24, 2.45) is 4.99 Å². The first-order chi connectivity index (χ1) is 13.7. The molecule has 1 aromatic carbocycles. The molecule has 28 heavy (non-hydrogen) atoms. The number of pyridine rings is 1. The van der Waals surface area contributed by atoms with Gasteiger partial charge in [0.05, 0.1) is 12.5 Å². The van der Waals surface area contributed by atoms with Gasteiger partial charge in [0.25, 0.3) is 0 Å². The molecule has 1 fully saturated rings. The number of carbonyl (C=O) groups excluding carboxylic acids is 1. The quantitative estimate of drug-likeness (QED) is 0.615. The second-order valence-electron chi connectivity index (χ2n) is 7.03. The maximum atomic E-state index is 12.2. The summed E-state index contributed by atoms with van der Waals surface area (Å²) in [6.45, 7) is 2.33. The van der Waals surface area contributed by atoms with Gasteiger partial charge >= 0.3 is 0 Å². The number of rotatable bonds is 5. The van der Waals surface area contributed by atoms with Crippen molar-refractivity contribution in [1.82, 2.24) is 15.2 Å². The Morgan fingerprint density at radius 3 is 3.00 bits per heavy atom. The van der Waals surface area contributed by atoms with E-state index in [4.69, 9.17) is 4.74 Å². The lowest BCUT2D eigenvalue weighted by atomic mass is 9.97. The highest BCUT2D eigenvalue weighted by molar-refractivity contribution is 6.02. The van der Waals surface area contributed by atoms with Crippen LogP contribution in [0.25, 0.3) is 0 Å². The van der Waals surface area contributed by atoms with Crippen LogP contribution in [0, 0.1) is 0 Å². The number of nitrogens with zero attached hydrogens (tertiary/aromatic N) is 3. The molecule has 0 bridgehead atoms. The fourth-order valence-electron chi connectivity index (χ4n) is 3.83. The number of amides is 1. The van der Waals surface area contributed by atoms with Gasteiger partial charge in [0, 0.05) is 44.5 Å². The minimum atomic E-state index is -0.111. The minimum Gasteiger partial charge on any atom is -0.472 e. The number of anilines is 1. The summed E-state index contributed by atoms with van der Waals surface area (Å²) < 4.78 is 5.95. The molecule has 1 saturated heterocycles. The van der Waals surface area contributed by atoms with Gasteiger partial charge in [-0.15, -0.1) is 0 Å². The average molecular weight is 379 g/mol. The lowest BCUT2D eigenvalue weighted by Gasteiger charge is -2.22. The van der Waals surface area contributed by atoms with Gasteiger partial charge in [0.15, 0.2) is 5.96 Å². The van der Waals surface area contributed by atoms with E-state index in [1.165, 1.54) is 0 Å². The monoisotopic (exact) mass is 379 g/mol. The Morgan fingerprint density at radius 1 is 1.32 bits per heavy atom. The van der Waals surface area contributed by atoms with Gasteiger partial charge in [-0.2, -0.15) is 0 Å². The predicted molar refractivity (Wildman–Crippen MR) is 109 cm³/mol.